The molecule has 0 aliphatic heterocycles. The van der Waals surface area contributed by atoms with E-state index in [1.807, 2.05) is 6.92 Å². The van der Waals surface area contributed by atoms with Crippen molar-refractivity contribution in [1.29, 1.82) is 0 Å². The van der Waals surface area contributed by atoms with Crippen LogP contribution in [0.1, 0.15) is 21.5 Å². The number of aryl methyl sites for hydroxylation is 1. The van der Waals surface area contributed by atoms with Crippen LogP contribution in [0.5, 0.6) is 0 Å². The predicted octanol–water partition coefficient (Wildman–Crippen LogP) is 2.97. The van der Waals surface area contributed by atoms with Crippen molar-refractivity contribution >= 4 is 11.8 Å². The minimum atomic E-state index is -0.394. The largest absolute Gasteiger partial charge is 0.465 e. The van der Waals surface area contributed by atoms with Gasteiger partial charge >= 0.3 is 5.97 Å². The first kappa shape index (κ1) is 15.0. The van der Waals surface area contributed by atoms with Crippen molar-refractivity contribution in [1.82, 2.24) is 4.98 Å². The van der Waals surface area contributed by atoms with Crippen LogP contribution >= 0.6 is 0 Å². The third kappa shape index (κ3) is 4.02. The molecule has 21 heavy (non-hydrogen) atoms. The fraction of sp³-hybridized carbons (Fsp3) is 0.250. The molecule has 0 unspecified atom stereocenters. The molecule has 2 aromatic rings. The summed E-state index contributed by atoms with van der Waals surface area (Å²) in [6.45, 7) is 2.53. The molecule has 5 heteroatoms. The second-order valence-electron chi connectivity index (χ2n) is 4.67. The van der Waals surface area contributed by atoms with Crippen LogP contribution in [0.15, 0.2) is 36.5 Å². The highest BCUT2D eigenvalue weighted by Gasteiger charge is 2.06. The average Bonchev–Trinajstić information content (AvgIpc) is 2.49. The number of ether oxygens (including phenoxy) is 1. The van der Waals surface area contributed by atoms with Crippen molar-refractivity contribution in [3.05, 3.63) is 59.0 Å². The SMILES string of the molecule is COC(=O)c1ccnc(NCCc2ccc(F)cc2C)c1. The topological polar surface area (TPSA) is 51.2 Å². The molecular formula is C16H17FN2O2. The molecule has 1 N–H and O–H groups in total. The van der Waals surface area contributed by atoms with Gasteiger partial charge in [0.05, 0.1) is 12.7 Å². The molecule has 0 aliphatic rings. The van der Waals surface area contributed by atoms with Crippen LogP contribution in [-0.2, 0) is 11.2 Å². The van der Waals surface area contributed by atoms with Crippen LogP contribution in [-0.4, -0.2) is 24.6 Å². The molecular weight excluding hydrogens is 271 g/mol. The van der Waals surface area contributed by atoms with E-state index in [1.165, 1.54) is 19.2 Å². The fourth-order valence-electron chi connectivity index (χ4n) is 2.04. The predicted molar refractivity (Wildman–Crippen MR) is 78.9 cm³/mol. The number of hydrogen-bond donors (Lipinski definition) is 1. The second kappa shape index (κ2) is 6.83. The Morgan fingerprint density at radius 1 is 1.33 bits per heavy atom. The van der Waals surface area contributed by atoms with Gasteiger partial charge in [0.1, 0.15) is 11.6 Å². The summed E-state index contributed by atoms with van der Waals surface area (Å²) >= 11 is 0. The Hall–Kier alpha value is -2.43. The Kier molecular flexibility index (Phi) is 4.87. The normalized spacial score (nSPS) is 10.2. The van der Waals surface area contributed by atoms with E-state index in [-0.39, 0.29) is 5.82 Å². The number of aromatic nitrogens is 1. The van der Waals surface area contributed by atoms with E-state index in [0.717, 1.165) is 17.5 Å². The number of methoxy groups -OCH3 is 1. The van der Waals surface area contributed by atoms with Gasteiger partial charge in [0.2, 0.25) is 0 Å². The van der Waals surface area contributed by atoms with E-state index in [9.17, 15) is 9.18 Å². The van der Waals surface area contributed by atoms with Gasteiger partial charge < -0.3 is 10.1 Å². The molecule has 0 saturated carbocycles. The summed E-state index contributed by atoms with van der Waals surface area (Å²) in [7, 11) is 1.34. The maximum atomic E-state index is 13.0. The number of rotatable bonds is 5. The van der Waals surface area contributed by atoms with Crippen LogP contribution in [0, 0.1) is 12.7 Å². The Bertz CT molecular complexity index is 644. The van der Waals surface area contributed by atoms with E-state index < -0.39 is 5.97 Å². The second-order valence-corrected chi connectivity index (χ2v) is 4.67. The summed E-state index contributed by atoms with van der Waals surface area (Å²) in [6, 6.07) is 8.00. The van der Waals surface area contributed by atoms with E-state index in [1.54, 1.807) is 24.4 Å². The van der Waals surface area contributed by atoms with Crippen LogP contribution in [0.2, 0.25) is 0 Å². The van der Waals surface area contributed by atoms with Gasteiger partial charge in [-0.05, 0) is 48.7 Å². The molecule has 0 fully saturated rings. The number of halogens is 1. The zero-order valence-corrected chi connectivity index (χ0v) is 12.0. The maximum Gasteiger partial charge on any atom is 0.338 e. The van der Waals surface area contributed by atoms with Gasteiger partial charge in [-0.15, -0.1) is 0 Å². The van der Waals surface area contributed by atoms with E-state index in [0.29, 0.717) is 17.9 Å². The number of nitrogens with zero attached hydrogens (tertiary/aromatic N) is 1. The minimum Gasteiger partial charge on any atom is -0.465 e. The van der Waals surface area contributed by atoms with Crippen molar-refractivity contribution < 1.29 is 13.9 Å². The summed E-state index contributed by atoms with van der Waals surface area (Å²) in [5, 5.41) is 3.14. The molecule has 0 saturated heterocycles. The number of anilines is 1. The highest BCUT2D eigenvalue weighted by Crippen LogP contribution is 2.12. The number of carbonyl (C=O) groups is 1. The molecule has 1 aromatic heterocycles. The summed E-state index contributed by atoms with van der Waals surface area (Å²) < 4.78 is 17.7. The summed E-state index contributed by atoms with van der Waals surface area (Å²) in [5.74, 6) is -0.0100. The first-order valence-electron chi connectivity index (χ1n) is 6.63. The number of carbonyl (C=O) groups excluding carboxylic acids is 1. The van der Waals surface area contributed by atoms with Crippen LogP contribution in [0.3, 0.4) is 0 Å². The number of nitrogens with one attached hydrogen (secondary N) is 1. The molecule has 0 bridgehead atoms. The van der Waals surface area contributed by atoms with Gasteiger partial charge in [0, 0.05) is 12.7 Å². The first-order chi connectivity index (χ1) is 10.1. The lowest BCUT2D eigenvalue weighted by Crippen LogP contribution is -2.09. The molecule has 2 rings (SSSR count). The minimum absolute atomic E-state index is 0.225. The van der Waals surface area contributed by atoms with E-state index >= 15 is 0 Å². The number of pyridine rings is 1. The van der Waals surface area contributed by atoms with Gasteiger partial charge in [-0.25, -0.2) is 14.2 Å². The monoisotopic (exact) mass is 288 g/mol. The Balaban J connectivity index is 1.95. The third-order valence-corrected chi connectivity index (χ3v) is 3.19. The van der Waals surface area contributed by atoms with Crippen LogP contribution in [0.4, 0.5) is 10.2 Å². The van der Waals surface area contributed by atoms with Crippen LogP contribution in [0.25, 0.3) is 0 Å². The molecule has 1 heterocycles. The molecule has 0 aliphatic carbocycles. The van der Waals surface area contributed by atoms with Crippen molar-refractivity contribution in [2.24, 2.45) is 0 Å². The Labute approximate surface area is 123 Å². The maximum absolute atomic E-state index is 13.0. The van der Waals surface area contributed by atoms with Crippen molar-refractivity contribution in [2.75, 3.05) is 19.0 Å². The molecule has 4 nitrogen and oxygen atoms in total. The van der Waals surface area contributed by atoms with Crippen molar-refractivity contribution in [3.63, 3.8) is 0 Å². The first-order valence-corrected chi connectivity index (χ1v) is 6.63. The molecule has 0 spiro atoms. The Morgan fingerprint density at radius 2 is 2.14 bits per heavy atom. The quantitative estimate of drug-likeness (QED) is 0.859. The summed E-state index contributed by atoms with van der Waals surface area (Å²) in [5.41, 5.74) is 2.45. The summed E-state index contributed by atoms with van der Waals surface area (Å²) in [4.78, 5) is 15.6. The number of hydrogen-bond acceptors (Lipinski definition) is 4. The molecule has 110 valence electrons. The van der Waals surface area contributed by atoms with Crippen LogP contribution < -0.4 is 5.32 Å². The standard InChI is InChI=1S/C16H17FN2O2/c1-11-9-14(17)4-3-12(11)5-7-18-15-10-13(6-8-19-15)16(20)21-2/h3-4,6,8-10H,5,7H2,1-2H3,(H,18,19). The zero-order valence-electron chi connectivity index (χ0n) is 12.0. The van der Waals surface area contributed by atoms with E-state index in [4.69, 9.17) is 0 Å². The smallest absolute Gasteiger partial charge is 0.338 e. The molecule has 0 atom stereocenters. The van der Waals surface area contributed by atoms with Gasteiger partial charge in [0.25, 0.3) is 0 Å². The molecule has 0 radical (unpaired) electrons. The number of benzene rings is 1. The number of esters is 1. The highest BCUT2D eigenvalue weighted by atomic mass is 19.1. The van der Waals surface area contributed by atoms with Crippen molar-refractivity contribution in [3.8, 4) is 0 Å². The van der Waals surface area contributed by atoms with E-state index in [2.05, 4.69) is 15.0 Å². The van der Waals surface area contributed by atoms with Gasteiger partial charge in [-0.1, -0.05) is 6.07 Å². The summed E-state index contributed by atoms with van der Waals surface area (Å²) in [6.07, 6.45) is 2.30. The average molecular weight is 288 g/mol. The molecule has 1 aromatic carbocycles. The third-order valence-electron chi connectivity index (χ3n) is 3.19. The van der Waals surface area contributed by atoms with Gasteiger partial charge in [0.15, 0.2) is 0 Å². The fourth-order valence-corrected chi connectivity index (χ4v) is 2.04. The lowest BCUT2D eigenvalue weighted by molar-refractivity contribution is 0.0600. The van der Waals surface area contributed by atoms with Crippen molar-refractivity contribution in [2.45, 2.75) is 13.3 Å². The zero-order chi connectivity index (χ0) is 15.2. The Morgan fingerprint density at radius 3 is 2.86 bits per heavy atom. The molecule has 0 amide bonds. The lowest BCUT2D eigenvalue weighted by atomic mass is 10.1. The van der Waals surface area contributed by atoms with Gasteiger partial charge in [-0.2, -0.15) is 0 Å². The highest BCUT2D eigenvalue weighted by molar-refractivity contribution is 5.89. The lowest BCUT2D eigenvalue weighted by Gasteiger charge is -2.09. The van der Waals surface area contributed by atoms with Gasteiger partial charge in [-0.3, -0.25) is 0 Å².